The molecule has 0 aromatic heterocycles. The number of amides is 1. The normalized spacial score (nSPS) is 9.90. The second kappa shape index (κ2) is 8.22. The number of aliphatic carboxylic acids is 1. The van der Waals surface area contributed by atoms with Crippen molar-refractivity contribution in [1.82, 2.24) is 5.32 Å². The van der Waals surface area contributed by atoms with E-state index < -0.39 is 11.9 Å². The van der Waals surface area contributed by atoms with E-state index in [1.54, 1.807) is 24.3 Å². The monoisotopic (exact) mass is 290 g/mol. The molecule has 1 rings (SSSR count). The average Bonchev–Trinajstić information content (AvgIpc) is 2.48. The third-order valence-corrected chi connectivity index (χ3v) is 2.35. The minimum Gasteiger partial charge on any atom is -0.497 e. The van der Waals surface area contributed by atoms with Crippen LogP contribution in [0.3, 0.4) is 0 Å². The highest BCUT2D eigenvalue weighted by atomic mass is 16.5. The Bertz CT molecular complexity index is 590. The number of carbonyl (C=O) groups is 2. The first-order valence-corrected chi connectivity index (χ1v) is 5.92. The maximum absolute atomic E-state index is 11.4. The van der Waals surface area contributed by atoms with Gasteiger partial charge in [0.25, 0.3) is 5.91 Å². The molecule has 1 aromatic carbocycles. The standard InChI is InChI=1S/C14H14N2O5/c1-20-11-3-4-12(10(8-11)2-5-14(18)19)21-9-13(17)16-7-6-15/h2-5,8H,7,9H2,1H3,(H,16,17)(H,18,19)/b5-2+. The van der Waals surface area contributed by atoms with E-state index in [2.05, 4.69) is 5.32 Å². The molecule has 0 atom stereocenters. The van der Waals surface area contributed by atoms with Gasteiger partial charge in [0, 0.05) is 11.6 Å². The van der Waals surface area contributed by atoms with Crippen molar-refractivity contribution in [3.05, 3.63) is 29.8 Å². The van der Waals surface area contributed by atoms with Crippen LogP contribution in [0.1, 0.15) is 5.56 Å². The molecule has 0 heterocycles. The number of carbonyl (C=O) groups excluding carboxylic acids is 1. The van der Waals surface area contributed by atoms with Crippen molar-refractivity contribution in [3.63, 3.8) is 0 Å². The van der Waals surface area contributed by atoms with Crippen LogP contribution in [0.4, 0.5) is 0 Å². The van der Waals surface area contributed by atoms with Gasteiger partial charge in [-0.15, -0.1) is 0 Å². The Morgan fingerprint density at radius 2 is 2.24 bits per heavy atom. The fourth-order valence-electron chi connectivity index (χ4n) is 1.41. The van der Waals surface area contributed by atoms with Crippen LogP contribution in [-0.4, -0.2) is 37.2 Å². The molecule has 0 fully saturated rings. The molecule has 0 saturated carbocycles. The quantitative estimate of drug-likeness (QED) is 0.568. The Balaban J connectivity index is 2.83. The molecule has 0 aliphatic rings. The minimum absolute atomic E-state index is 0.101. The van der Waals surface area contributed by atoms with Gasteiger partial charge in [0.2, 0.25) is 0 Å². The number of hydrogen-bond acceptors (Lipinski definition) is 5. The van der Waals surface area contributed by atoms with Crippen molar-refractivity contribution in [2.24, 2.45) is 0 Å². The lowest BCUT2D eigenvalue weighted by Gasteiger charge is -2.10. The lowest BCUT2D eigenvalue weighted by atomic mass is 10.1. The van der Waals surface area contributed by atoms with Gasteiger partial charge in [-0.3, -0.25) is 4.79 Å². The minimum atomic E-state index is -1.10. The number of hydrogen-bond donors (Lipinski definition) is 2. The van der Waals surface area contributed by atoms with Crippen molar-refractivity contribution >= 4 is 18.0 Å². The number of nitriles is 1. The second-order valence-corrected chi connectivity index (χ2v) is 3.80. The van der Waals surface area contributed by atoms with E-state index in [-0.39, 0.29) is 13.2 Å². The van der Waals surface area contributed by atoms with Gasteiger partial charge < -0.3 is 19.9 Å². The Hall–Kier alpha value is -3.01. The summed E-state index contributed by atoms with van der Waals surface area (Å²) in [6.45, 7) is -0.376. The van der Waals surface area contributed by atoms with Crippen LogP contribution in [0.5, 0.6) is 11.5 Å². The van der Waals surface area contributed by atoms with E-state index >= 15 is 0 Å². The summed E-state index contributed by atoms with van der Waals surface area (Å²) in [6.07, 6.45) is 2.30. The summed E-state index contributed by atoms with van der Waals surface area (Å²) in [4.78, 5) is 21.9. The van der Waals surface area contributed by atoms with E-state index in [0.29, 0.717) is 17.1 Å². The first kappa shape index (κ1) is 16.0. The SMILES string of the molecule is COc1ccc(OCC(=O)NCC#N)c(/C=C/C(=O)O)c1. The third kappa shape index (κ3) is 5.65. The number of carboxylic acids is 1. The van der Waals surface area contributed by atoms with Crippen LogP contribution in [0.25, 0.3) is 6.08 Å². The van der Waals surface area contributed by atoms with Gasteiger partial charge in [0.15, 0.2) is 6.61 Å². The molecular formula is C14H14N2O5. The molecule has 0 saturated heterocycles. The third-order valence-electron chi connectivity index (χ3n) is 2.35. The number of benzene rings is 1. The van der Waals surface area contributed by atoms with Crippen LogP contribution in [0, 0.1) is 11.3 Å². The number of nitrogens with one attached hydrogen (secondary N) is 1. The van der Waals surface area contributed by atoms with Crippen LogP contribution < -0.4 is 14.8 Å². The van der Waals surface area contributed by atoms with Crippen LogP contribution >= 0.6 is 0 Å². The molecular weight excluding hydrogens is 276 g/mol. The highest BCUT2D eigenvalue weighted by Gasteiger charge is 2.07. The summed E-state index contributed by atoms with van der Waals surface area (Å²) >= 11 is 0. The summed E-state index contributed by atoms with van der Waals surface area (Å²) in [7, 11) is 1.48. The number of rotatable bonds is 7. The number of methoxy groups -OCH3 is 1. The smallest absolute Gasteiger partial charge is 0.328 e. The fraction of sp³-hybridized carbons (Fsp3) is 0.214. The van der Waals surface area contributed by atoms with Crippen molar-refractivity contribution in [2.45, 2.75) is 0 Å². The Labute approximate surface area is 121 Å². The summed E-state index contributed by atoms with van der Waals surface area (Å²) in [6, 6.07) is 6.55. The molecule has 0 spiro atoms. The molecule has 0 radical (unpaired) electrons. The van der Waals surface area contributed by atoms with Gasteiger partial charge in [-0.1, -0.05) is 0 Å². The van der Waals surface area contributed by atoms with Crippen molar-refractivity contribution in [2.75, 3.05) is 20.3 Å². The molecule has 1 aromatic rings. The van der Waals surface area contributed by atoms with Gasteiger partial charge in [-0.05, 0) is 24.3 Å². The largest absolute Gasteiger partial charge is 0.497 e. The van der Waals surface area contributed by atoms with Gasteiger partial charge >= 0.3 is 5.97 Å². The zero-order valence-corrected chi connectivity index (χ0v) is 11.3. The van der Waals surface area contributed by atoms with Crippen LogP contribution in [0.2, 0.25) is 0 Å². The van der Waals surface area contributed by atoms with Crippen LogP contribution in [0.15, 0.2) is 24.3 Å². The molecule has 0 bridgehead atoms. The summed E-state index contributed by atoms with van der Waals surface area (Å²) in [5, 5.41) is 19.3. The number of carboxylic acid groups (broad SMARTS) is 1. The zero-order chi connectivity index (χ0) is 15.7. The highest BCUT2D eigenvalue weighted by Crippen LogP contribution is 2.25. The molecule has 21 heavy (non-hydrogen) atoms. The van der Waals surface area contributed by atoms with E-state index in [9.17, 15) is 9.59 Å². The second-order valence-electron chi connectivity index (χ2n) is 3.80. The maximum Gasteiger partial charge on any atom is 0.328 e. The fourth-order valence-corrected chi connectivity index (χ4v) is 1.41. The van der Waals surface area contributed by atoms with E-state index in [1.165, 1.54) is 13.2 Å². The molecule has 7 heteroatoms. The zero-order valence-electron chi connectivity index (χ0n) is 11.3. The molecule has 7 nitrogen and oxygen atoms in total. The Morgan fingerprint density at radius 1 is 1.48 bits per heavy atom. The summed E-state index contributed by atoms with van der Waals surface area (Å²) in [5.41, 5.74) is 0.463. The highest BCUT2D eigenvalue weighted by molar-refractivity contribution is 5.86. The maximum atomic E-state index is 11.4. The molecule has 0 aliphatic carbocycles. The Morgan fingerprint density at radius 3 is 2.86 bits per heavy atom. The summed E-state index contributed by atoms with van der Waals surface area (Å²) in [5.74, 6) is -0.683. The van der Waals surface area contributed by atoms with Gasteiger partial charge in [-0.25, -0.2) is 4.79 Å². The average molecular weight is 290 g/mol. The lowest BCUT2D eigenvalue weighted by Crippen LogP contribution is -2.29. The topological polar surface area (TPSA) is 109 Å². The van der Waals surface area contributed by atoms with Crippen LogP contribution in [-0.2, 0) is 9.59 Å². The van der Waals surface area contributed by atoms with Gasteiger partial charge in [-0.2, -0.15) is 5.26 Å². The molecule has 0 aliphatic heterocycles. The predicted molar refractivity (Wildman–Crippen MR) is 73.8 cm³/mol. The molecule has 1 amide bonds. The molecule has 110 valence electrons. The number of ether oxygens (including phenoxy) is 2. The first-order chi connectivity index (χ1) is 10.1. The number of nitrogens with zero attached hydrogens (tertiary/aromatic N) is 1. The molecule has 2 N–H and O–H groups in total. The van der Waals surface area contributed by atoms with E-state index in [1.807, 2.05) is 0 Å². The Kier molecular flexibility index (Phi) is 6.28. The summed E-state index contributed by atoms with van der Waals surface area (Å²) < 4.78 is 10.3. The van der Waals surface area contributed by atoms with E-state index in [4.69, 9.17) is 19.8 Å². The van der Waals surface area contributed by atoms with E-state index in [0.717, 1.165) is 6.08 Å². The van der Waals surface area contributed by atoms with Crippen molar-refractivity contribution in [3.8, 4) is 17.6 Å². The lowest BCUT2D eigenvalue weighted by molar-refractivity contribution is -0.131. The predicted octanol–water partition coefficient (Wildman–Crippen LogP) is 0.812. The van der Waals surface area contributed by atoms with Crippen molar-refractivity contribution < 1.29 is 24.2 Å². The van der Waals surface area contributed by atoms with Crippen molar-refractivity contribution in [1.29, 1.82) is 5.26 Å². The first-order valence-electron chi connectivity index (χ1n) is 5.92. The van der Waals surface area contributed by atoms with Gasteiger partial charge in [0.05, 0.1) is 13.2 Å². The van der Waals surface area contributed by atoms with Gasteiger partial charge in [0.1, 0.15) is 18.0 Å². The molecule has 0 unspecified atom stereocenters.